The molecule has 0 bridgehead atoms. The van der Waals surface area contributed by atoms with Gasteiger partial charge in [-0.3, -0.25) is 9.59 Å². The molecule has 152 valence electrons. The van der Waals surface area contributed by atoms with Gasteiger partial charge in [-0.1, -0.05) is 48.5 Å². The van der Waals surface area contributed by atoms with Gasteiger partial charge in [-0.15, -0.1) is 11.8 Å². The van der Waals surface area contributed by atoms with Gasteiger partial charge in [-0.25, -0.2) is 0 Å². The molecular formula is C25H24N2O2S. The number of aryl methyl sites for hydroxylation is 2. The molecule has 0 saturated carbocycles. The van der Waals surface area contributed by atoms with E-state index in [0.29, 0.717) is 11.4 Å². The van der Waals surface area contributed by atoms with E-state index in [9.17, 15) is 9.59 Å². The Bertz CT molecular complexity index is 1020. The molecule has 2 amide bonds. The SMILES string of the molecule is Cc1cccc(C)c1NC(=O)CSc1ccc(NC(=O)/C=C/c2ccccc2)cc1. The first kappa shape index (κ1) is 21.4. The van der Waals surface area contributed by atoms with E-state index in [1.54, 1.807) is 6.08 Å². The smallest absolute Gasteiger partial charge is 0.248 e. The molecule has 3 rings (SSSR count). The topological polar surface area (TPSA) is 58.2 Å². The van der Waals surface area contributed by atoms with Gasteiger partial charge in [-0.2, -0.15) is 0 Å². The molecule has 5 heteroatoms. The molecule has 0 aliphatic heterocycles. The zero-order valence-corrected chi connectivity index (χ0v) is 17.8. The second-order valence-corrected chi connectivity index (χ2v) is 7.91. The molecule has 0 radical (unpaired) electrons. The van der Waals surface area contributed by atoms with Gasteiger partial charge in [0.2, 0.25) is 11.8 Å². The first-order valence-electron chi connectivity index (χ1n) is 9.64. The van der Waals surface area contributed by atoms with Gasteiger partial charge in [0, 0.05) is 22.3 Å². The molecule has 2 N–H and O–H groups in total. The Kier molecular flexibility index (Phi) is 7.46. The quantitative estimate of drug-likeness (QED) is 0.384. The number of thioether (sulfide) groups is 1. The minimum atomic E-state index is -0.188. The van der Waals surface area contributed by atoms with Crippen LogP contribution in [0.15, 0.2) is 83.8 Å². The number of hydrogen-bond acceptors (Lipinski definition) is 3. The fraction of sp³-hybridized carbons (Fsp3) is 0.120. The Morgan fingerprint density at radius 1 is 0.833 bits per heavy atom. The van der Waals surface area contributed by atoms with Crippen LogP contribution in [0.4, 0.5) is 11.4 Å². The van der Waals surface area contributed by atoms with E-state index in [2.05, 4.69) is 10.6 Å². The highest BCUT2D eigenvalue weighted by Gasteiger charge is 2.08. The lowest BCUT2D eigenvalue weighted by atomic mass is 10.1. The fourth-order valence-electron chi connectivity index (χ4n) is 2.89. The van der Waals surface area contributed by atoms with E-state index in [1.165, 1.54) is 17.8 Å². The van der Waals surface area contributed by atoms with Crippen LogP contribution < -0.4 is 10.6 Å². The molecular weight excluding hydrogens is 392 g/mol. The molecule has 0 aliphatic rings. The molecule has 3 aromatic rings. The molecule has 0 unspecified atom stereocenters. The predicted molar refractivity (Wildman–Crippen MR) is 126 cm³/mol. The zero-order valence-electron chi connectivity index (χ0n) is 17.0. The first-order valence-corrected chi connectivity index (χ1v) is 10.6. The third kappa shape index (κ3) is 6.36. The van der Waals surface area contributed by atoms with Crippen molar-refractivity contribution in [1.29, 1.82) is 0 Å². The lowest BCUT2D eigenvalue weighted by Crippen LogP contribution is -2.15. The van der Waals surface area contributed by atoms with Crippen molar-refractivity contribution >= 4 is 41.0 Å². The summed E-state index contributed by atoms with van der Waals surface area (Å²) in [7, 11) is 0. The van der Waals surface area contributed by atoms with Crippen LogP contribution in [0.2, 0.25) is 0 Å². The Balaban J connectivity index is 1.49. The van der Waals surface area contributed by atoms with Crippen molar-refractivity contribution in [3.05, 3.63) is 95.6 Å². The van der Waals surface area contributed by atoms with Crippen molar-refractivity contribution < 1.29 is 9.59 Å². The minimum Gasteiger partial charge on any atom is -0.325 e. The number of hydrogen-bond donors (Lipinski definition) is 2. The summed E-state index contributed by atoms with van der Waals surface area (Å²) in [5.74, 6) is 0.0901. The number of carbonyl (C=O) groups excluding carboxylic acids is 2. The molecule has 3 aromatic carbocycles. The molecule has 30 heavy (non-hydrogen) atoms. The summed E-state index contributed by atoms with van der Waals surface area (Å²) in [5.41, 5.74) is 4.66. The Hall–Kier alpha value is -3.31. The number of nitrogens with one attached hydrogen (secondary N) is 2. The fourth-order valence-corrected chi connectivity index (χ4v) is 3.59. The highest BCUT2D eigenvalue weighted by atomic mass is 32.2. The van der Waals surface area contributed by atoms with E-state index >= 15 is 0 Å². The summed E-state index contributed by atoms with van der Waals surface area (Å²) in [4.78, 5) is 25.3. The highest BCUT2D eigenvalue weighted by Crippen LogP contribution is 2.23. The van der Waals surface area contributed by atoms with Crippen LogP contribution in [0.25, 0.3) is 6.08 Å². The van der Waals surface area contributed by atoms with E-state index in [-0.39, 0.29) is 11.8 Å². The molecule has 0 aliphatic carbocycles. The van der Waals surface area contributed by atoms with Crippen molar-refractivity contribution in [1.82, 2.24) is 0 Å². The molecule has 0 fully saturated rings. The maximum atomic E-state index is 12.3. The number of amides is 2. The summed E-state index contributed by atoms with van der Waals surface area (Å²) < 4.78 is 0. The van der Waals surface area contributed by atoms with Crippen molar-refractivity contribution in [2.75, 3.05) is 16.4 Å². The molecule has 4 nitrogen and oxygen atoms in total. The Labute approximate surface area is 181 Å². The molecule has 0 atom stereocenters. The average molecular weight is 417 g/mol. The van der Waals surface area contributed by atoms with Crippen molar-refractivity contribution in [2.24, 2.45) is 0 Å². The Morgan fingerprint density at radius 3 is 2.17 bits per heavy atom. The highest BCUT2D eigenvalue weighted by molar-refractivity contribution is 8.00. The van der Waals surface area contributed by atoms with Gasteiger partial charge in [-0.05, 0) is 60.9 Å². The molecule has 0 spiro atoms. The third-order valence-corrected chi connectivity index (χ3v) is 5.48. The third-order valence-electron chi connectivity index (χ3n) is 4.46. The second-order valence-electron chi connectivity index (χ2n) is 6.86. The van der Waals surface area contributed by atoms with Gasteiger partial charge < -0.3 is 10.6 Å². The van der Waals surface area contributed by atoms with E-state index in [4.69, 9.17) is 0 Å². The first-order chi connectivity index (χ1) is 14.5. The normalized spacial score (nSPS) is 10.7. The van der Waals surface area contributed by atoms with Gasteiger partial charge in [0.15, 0.2) is 0 Å². The van der Waals surface area contributed by atoms with Crippen molar-refractivity contribution in [2.45, 2.75) is 18.7 Å². The largest absolute Gasteiger partial charge is 0.325 e. The molecule has 0 saturated heterocycles. The van der Waals surface area contributed by atoms with Crippen LogP contribution in [0.3, 0.4) is 0 Å². The van der Waals surface area contributed by atoms with Crippen molar-refractivity contribution in [3.63, 3.8) is 0 Å². The van der Waals surface area contributed by atoms with Crippen LogP contribution in [0, 0.1) is 13.8 Å². The number of rotatable bonds is 7. The van der Waals surface area contributed by atoms with Gasteiger partial charge in [0.1, 0.15) is 0 Å². The number of anilines is 2. The van der Waals surface area contributed by atoms with Crippen LogP contribution in [0.5, 0.6) is 0 Å². The Morgan fingerprint density at radius 2 is 1.50 bits per heavy atom. The maximum absolute atomic E-state index is 12.3. The standard InChI is InChI=1S/C25H24N2O2S/c1-18-7-6-8-19(2)25(18)27-24(29)17-30-22-14-12-21(13-15-22)26-23(28)16-11-20-9-4-3-5-10-20/h3-16H,17H2,1-2H3,(H,26,28)(H,27,29)/b16-11+. The zero-order chi connectivity index (χ0) is 21.3. The van der Waals surface area contributed by atoms with Crippen molar-refractivity contribution in [3.8, 4) is 0 Å². The summed E-state index contributed by atoms with van der Waals surface area (Å²) in [6.45, 7) is 3.97. The number of carbonyl (C=O) groups is 2. The summed E-state index contributed by atoms with van der Waals surface area (Å²) >= 11 is 1.46. The monoisotopic (exact) mass is 416 g/mol. The van der Waals surface area contributed by atoms with Gasteiger partial charge in [0.25, 0.3) is 0 Å². The van der Waals surface area contributed by atoms with Crippen LogP contribution in [0.1, 0.15) is 16.7 Å². The van der Waals surface area contributed by atoms with Gasteiger partial charge >= 0.3 is 0 Å². The van der Waals surface area contributed by atoms with E-state index < -0.39 is 0 Å². The predicted octanol–water partition coefficient (Wildman–Crippen LogP) is 5.69. The van der Waals surface area contributed by atoms with Gasteiger partial charge in [0.05, 0.1) is 5.75 Å². The lowest BCUT2D eigenvalue weighted by molar-refractivity contribution is -0.114. The maximum Gasteiger partial charge on any atom is 0.248 e. The minimum absolute atomic E-state index is 0.0409. The molecule has 0 heterocycles. The average Bonchev–Trinajstić information content (AvgIpc) is 2.75. The van der Waals surface area contributed by atoms with Crippen LogP contribution >= 0.6 is 11.8 Å². The molecule has 0 aromatic heterocycles. The van der Waals surface area contributed by atoms with E-state index in [0.717, 1.165) is 27.3 Å². The van der Waals surface area contributed by atoms with Crippen LogP contribution in [-0.4, -0.2) is 17.6 Å². The summed E-state index contributed by atoms with van der Waals surface area (Å²) in [6.07, 6.45) is 3.28. The summed E-state index contributed by atoms with van der Waals surface area (Å²) in [6, 6.07) is 23.1. The second kappa shape index (κ2) is 10.5. The van der Waals surface area contributed by atoms with Crippen LogP contribution in [-0.2, 0) is 9.59 Å². The lowest BCUT2D eigenvalue weighted by Gasteiger charge is -2.11. The summed E-state index contributed by atoms with van der Waals surface area (Å²) in [5, 5.41) is 5.82. The number of para-hydroxylation sites is 1. The number of benzene rings is 3. The van der Waals surface area contributed by atoms with E-state index in [1.807, 2.05) is 86.6 Å².